The number of amides is 3. The van der Waals surface area contributed by atoms with Gasteiger partial charge in [0, 0.05) is 21.3 Å². The molecule has 3 aromatic rings. The summed E-state index contributed by atoms with van der Waals surface area (Å²) in [6, 6.07) is 16.0. The Labute approximate surface area is 241 Å². The minimum Gasteiger partial charge on any atom is -0.490 e. The molecule has 202 valence electrons. The van der Waals surface area contributed by atoms with Crippen molar-refractivity contribution in [1.29, 1.82) is 0 Å². The number of benzene rings is 3. The quantitative estimate of drug-likeness (QED) is 0.266. The summed E-state index contributed by atoms with van der Waals surface area (Å²) >= 11 is 13.0. The molecule has 1 heterocycles. The van der Waals surface area contributed by atoms with E-state index in [1.54, 1.807) is 48.5 Å². The van der Waals surface area contributed by atoms with Crippen molar-refractivity contribution in [3.05, 3.63) is 91.8 Å². The van der Waals surface area contributed by atoms with E-state index in [4.69, 9.17) is 32.7 Å². The summed E-state index contributed by atoms with van der Waals surface area (Å²) in [4.78, 5) is 39.3. The van der Waals surface area contributed by atoms with Crippen LogP contribution in [0.3, 0.4) is 0 Å². The number of carbonyl (C=O) groups excluding carboxylic acids is 3. The van der Waals surface area contributed by atoms with Gasteiger partial charge in [-0.2, -0.15) is 0 Å². The number of nitrogens with zero attached hydrogens (tertiary/aromatic N) is 1. The number of halogens is 2. The van der Waals surface area contributed by atoms with E-state index in [0.29, 0.717) is 39.4 Å². The highest BCUT2D eigenvalue weighted by Gasteiger charge is 2.36. The minimum atomic E-state index is -0.531. The Kier molecular flexibility index (Phi) is 9.22. The van der Waals surface area contributed by atoms with E-state index in [2.05, 4.69) is 5.32 Å². The fourth-order valence-corrected chi connectivity index (χ4v) is 5.17. The van der Waals surface area contributed by atoms with Gasteiger partial charge in [-0.15, -0.1) is 0 Å². The van der Waals surface area contributed by atoms with Gasteiger partial charge in [0.25, 0.3) is 11.1 Å². The lowest BCUT2D eigenvalue weighted by Crippen LogP contribution is -2.36. The van der Waals surface area contributed by atoms with Crippen LogP contribution in [0.25, 0.3) is 6.08 Å². The lowest BCUT2D eigenvalue weighted by molar-refractivity contribution is -0.127. The van der Waals surface area contributed by atoms with Gasteiger partial charge in [0.1, 0.15) is 13.2 Å². The van der Waals surface area contributed by atoms with Crippen LogP contribution in [0.15, 0.2) is 59.5 Å². The van der Waals surface area contributed by atoms with Crippen LogP contribution in [0.5, 0.6) is 11.5 Å². The molecule has 0 unspecified atom stereocenters. The van der Waals surface area contributed by atoms with Crippen LogP contribution in [0.1, 0.15) is 29.2 Å². The van der Waals surface area contributed by atoms with Crippen molar-refractivity contribution in [2.45, 2.75) is 27.4 Å². The first kappa shape index (κ1) is 28.5. The Morgan fingerprint density at radius 3 is 2.51 bits per heavy atom. The number of carbonyl (C=O) groups is 3. The first-order valence-electron chi connectivity index (χ1n) is 12.1. The van der Waals surface area contributed by atoms with Crippen molar-refractivity contribution in [2.24, 2.45) is 0 Å². The fraction of sp³-hybridized carbons (Fsp3) is 0.207. The molecule has 3 aromatic carbocycles. The molecule has 0 bridgehead atoms. The van der Waals surface area contributed by atoms with Gasteiger partial charge < -0.3 is 14.8 Å². The number of nitrogens with one attached hydrogen (secondary N) is 1. The molecule has 0 aromatic heterocycles. The molecule has 1 aliphatic heterocycles. The summed E-state index contributed by atoms with van der Waals surface area (Å²) < 4.78 is 11.7. The van der Waals surface area contributed by atoms with Crippen LogP contribution < -0.4 is 14.8 Å². The molecule has 1 fully saturated rings. The zero-order valence-electron chi connectivity index (χ0n) is 21.5. The predicted octanol–water partition coefficient (Wildman–Crippen LogP) is 7.26. The van der Waals surface area contributed by atoms with Gasteiger partial charge in [-0.3, -0.25) is 19.3 Å². The second kappa shape index (κ2) is 12.6. The Bertz CT molecular complexity index is 1470. The normalized spacial score (nSPS) is 14.2. The van der Waals surface area contributed by atoms with E-state index < -0.39 is 17.1 Å². The largest absolute Gasteiger partial charge is 0.490 e. The molecule has 10 heteroatoms. The number of rotatable bonds is 9. The second-order valence-corrected chi connectivity index (χ2v) is 10.6. The van der Waals surface area contributed by atoms with Crippen molar-refractivity contribution < 1.29 is 23.9 Å². The number of hydrogen-bond donors (Lipinski definition) is 1. The number of thioether (sulfide) groups is 1. The van der Waals surface area contributed by atoms with Crippen molar-refractivity contribution in [1.82, 2.24) is 4.90 Å². The van der Waals surface area contributed by atoms with Gasteiger partial charge in [0.15, 0.2) is 11.5 Å². The molecule has 0 saturated carbocycles. The van der Waals surface area contributed by atoms with Gasteiger partial charge >= 0.3 is 0 Å². The molecule has 1 saturated heterocycles. The monoisotopic (exact) mass is 584 g/mol. The molecule has 0 aliphatic carbocycles. The van der Waals surface area contributed by atoms with E-state index in [1.807, 2.05) is 32.9 Å². The standard InChI is InChI=1S/C29H26Cl2N2O5S/c1-4-37-25-12-19(6-10-24(25)38-16-20-7-8-21(30)14-22(20)31)13-26-28(35)33(29(36)39-26)15-27(34)32-23-9-5-17(2)11-18(23)3/h5-14H,4,15-16H2,1-3H3,(H,32,34)/b26-13+. The van der Waals surface area contributed by atoms with Crippen molar-refractivity contribution in [3.8, 4) is 11.5 Å². The minimum absolute atomic E-state index is 0.207. The maximum absolute atomic E-state index is 13.0. The molecule has 4 rings (SSSR count). The average molecular weight is 586 g/mol. The van der Waals surface area contributed by atoms with E-state index in [-0.39, 0.29) is 18.1 Å². The van der Waals surface area contributed by atoms with E-state index in [1.165, 1.54) is 0 Å². The van der Waals surface area contributed by atoms with Crippen molar-refractivity contribution >= 4 is 63.8 Å². The molecular formula is C29H26Cl2N2O5S. The fourth-order valence-electron chi connectivity index (χ4n) is 3.87. The van der Waals surface area contributed by atoms with Gasteiger partial charge in [0.05, 0.1) is 11.5 Å². The van der Waals surface area contributed by atoms with Gasteiger partial charge in [0.2, 0.25) is 5.91 Å². The summed E-state index contributed by atoms with van der Waals surface area (Å²) in [5.74, 6) is -0.0116. The molecule has 3 amide bonds. The third-order valence-corrected chi connectivity index (χ3v) is 7.29. The molecule has 7 nitrogen and oxygen atoms in total. The molecule has 0 atom stereocenters. The predicted molar refractivity (Wildman–Crippen MR) is 156 cm³/mol. The Morgan fingerprint density at radius 2 is 1.79 bits per heavy atom. The zero-order valence-corrected chi connectivity index (χ0v) is 23.9. The molecule has 0 spiro atoms. The average Bonchev–Trinajstić information content (AvgIpc) is 3.13. The number of imide groups is 1. The lowest BCUT2D eigenvalue weighted by atomic mass is 10.1. The maximum Gasteiger partial charge on any atom is 0.294 e. The van der Waals surface area contributed by atoms with Crippen LogP contribution in [-0.4, -0.2) is 35.1 Å². The molecule has 39 heavy (non-hydrogen) atoms. The molecule has 1 N–H and O–H groups in total. The smallest absolute Gasteiger partial charge is 0.294 e. The van der Waals surface area contributed by atoms with E-state index in [0.717, 1.165) is 33.4 Å². The second-order valence-electron chi connectivity index (χ2n) is 8.80. The summed E-state index contributed by atoms with van der Waals surface area (Å²) in [5, 5.41) is 3.29. The van der Waals surface area contributed by atoms with Crippen LogP contribution in [0, 0.1) is 13.8 Å². The summed E-state index contributed by atoms with van der Waals surface area (Å²) in [6.45, 7) is 5.92. The third-order valence-electron chi connectivity index (χ3n) is 5.79. The van der Waals surface area contributed by atoms with Crippen LogP contribution in [0.2, 0.25) is 10.0 Å². The first-order chi connectivity index (χ1) is 18.6. The topological polar surface area (TPSA) is 84.9 Å². The zero-order chi connectivity index (χ0) is 28.1. The van der Waals surface area contributed by atoms with Gasteiger partial charge in [-0.1, -0.05) is 53.0 Å². The maximum atomic E-state index is 13.0. The van der Waals surface area contributed by atoms with E-state index >= 15 is 0 Å². The van der Waals surface area contributed by atoms with Gasteiger partial charge in [-0.25, -0.2) is 0 Å². The Balaban J connectivity index is 1.45. The Morgan fingerprint density at radius 1 is 1.00 bits per heavy atom. The summed E-state index contributed by atoms with van der Waals surface area (Å²) in [7, 11) is 0. The highest BCUT2D eigenvalue weighted by atomic mass is 35.5. The summed E-state index contributed by atoms with van der Waals surface area (Å²) in [5.41, 5.74) is 4.01. The molecule has 1 aliphatic rings. The van der Waals surface area contributed by atoms with Crippen molar-refractivity contribution in [2.75, 3.05) is 18.5 Å². The molecule has 0 radical (unpaired) electrons. The van der Waals surface area contributed by atoms with Crippen LogP contribution in [0.4, 0.5) is 10.5 Å². The number of hydrogen-bond acceptors (Lipinski definition) is 6. The Hall–Kier alpha value is -3.46. The molecular weight excluding hydrogens is 559 g/mol. The number of aryl methyl sites for hydroxylation is 2. The van der Waals surface area contributed by atoms with E-state index in [9.17, 15) is 14.4 Å². The first-order valence-corrected chi connectivity index (χ1v) is 13.7. The van der Waals surface area contributed by atoms with Crippen LogP contribution >= 0.6 is 35.0 Å². The highest BCUT2D eigenvalue weighted by molar-refractivity contribution is 8.18. The van der Waals surface area contributed by atoms with Gasteiger partial charge in [-0.05, 0) is 80.1 Å². The number of anilines is 1. The van der Waals surface area contributed by atoms with Crippen molar-refractivity contribution in [3.63, 3.8) is 0 Å². The SMILES string of the molecule is CCOc1cc(/C=C2/SC(=O)N(CC(=O)Nc3ccc(C)cc3C)C2=O)ccc1OCc1ccc(Cl)cc1Cl. The summed E-state index contributed by atoms with van der Waals surface area (Å²) in [6.07, 6.45) is 1.59. The highest BCUT2D eigenvalue weighted by Crippen LogP contribution is 2.35. The number of ether oxygens (including phenoxy) is 2. The third kappa shape index (κ3) is 7.15. The lowest BCUT2D eigenvalue weighted by Gasteiger charge is -2.14. The van der Waals surface area contributed by atoms with Crippen LogP contribution in [-0.2, 0) is 16.2 Å².